The van der Waals surface area contributed by atoms with Crippen molar-refractivity contribution in [3.05, 3.63) is 35.6 Å². The summed E-state index contributed by atoms with van der Waals surface area (Å²) < 4.78 is 13.0. The van der Waals surface area contributed by atoms with Gasteiger partial charge in [-0.15, -0.1) is 0 Å². The van der Waals surface area contributed by atoms with Gasteiger partial charge in [0.25, 0.3) is 0 Å². The van der Waals surface area contributed by atoms with Gasteiger partial charge in [-0.2, -0.15) is 0 Å². The van der Waals surface area contributed by atoms with Crippen molar-refractivity contribution < 1.29 is 14.3 Å². The molecule has 1 saturated heterocycles. The number of hydrogen-bond acceptors (Lipinski definition) is 3. The third kappa shape index (κ3) is 3.84. The molecule has 1 aliphatic carbocycles. The molecule has 0 spiro atoms. The van der Waals surface area contributed by atoms with Crippen LogP contribution in [0.2, 0.25) is 0 Å². The summed E-state index contributed by atoms with van der Waals surface area (Å²) in [7, 11) is 0. The van der Waals surface area contributed by atoms with Gasteiger partial charge in [-0.1, -0.05) is 12.1 Å². The lowest BCUT2D eigenvalue weighted by molar-refractivity contribution is -0.123. The van der Waals surface area contributed by atoms with E-state index in [0.717, 1.165) is 12.1 Å². The molecule has 2 fully saturated rings. The summed E-state index contributed by atoms with van der Waals surface area (Å²) in [6.45, 7) is 2.54. The Balaban J connectivity index is 1.48. The van der Waals surface area contributed by atoms with Gasteiger partial charge in [0, 0.05) is 19.6 Å². The molecule has 1 aromatic rings. The van der Waals surface area contributed by atoms with Crippen LogP contribution in [0.3, 0.4) is 0 Å². The molecule has 22 heavy (non-hydrogen) atoms. The van der Waals surface area contributed by atoms with Crippen molar-refractivity contribution in [2.75, 3.05) is 26.2 Å². The summed E-state index contributed by atoms with van der Waals surface area (Å²) in [6.07, 6.45) is 3.59. The minimum Gasteiger partial charge on any atom is -0.385 e. The van der Waals surface area contributed by atoms with Gasteiger partial charge in [-0.25, -0.2) is 4.39 Å². The first-order chi connectivity index (χ1) is 10.5. The number of nitrogens with one attached hydrogen (secondary N) is 1. The van der Waals surface area contributed by atoms with E-state index < -0.39 is 5.60 Å². The molecule has 1 aliphatic heterocycles. The molecule has 2 N–H and O–H groups in total. The number of nitrogens with zero attached hydrogens (tertiary/aromatic N) is 1. The average molecular weight is 306 g/mol. The zero-order valence-electron chi connectivity index (χ0n) is 12.7. The predicted molar refractivity (Wildman–Crippen MR) is 81.7 cm³/mol. The third-order valence-corrected chi connectivity index (χ3v) is 4.72. The average Bonchev–Trinajstić information content (AvgIpc) is 3.33. The maximum absolute atomic E-state index is 13.0. The van der Waals surface area contributed by atoms with Crippen LogP contribution < -0.4 is 5.32 Å². The number of halogens is 1. The maximum Gasteiger partial charge on any atom is 0.234 e. The smallest absolute Gasteiger partial charge is 0.234 e. The minimum absolute atomic E-state index is 0.0686. The van der Waals surface area contributed by atoms with Crippen LogP contribution in [0.4, 0.5) is 4.39 Å². The van der Waals surface area contributed by atoms with Crippen LogP contribution in [0.25, 0.3) is 0 Å². The number of hydrogen-bond donors (Lipinski definition) is 2. The van der Waals surface area contributed by atoms with Gasteiger partial charge >= 0.3 is 0 Å². The Morgan fingerprint density at radius 3 is 2.50 bits per heavy atom. The molecular formula is C17H23FN2O2. The van der Waals surface area contributed by atoms with E-state index in [-0.39, 0.29) is 11.7 Å². The second kappa shape index (κ2) is 6.34. The summed E-state index contributed by atoms with van der Waals surface area (Å²) in [5, 5.41) is 13.7. The van der Waals surface area contributed by atoms with Crippen LogP contribution in [-0.4, -0.2) is 42.1 Å². The van der Waals surface area contributed by atoms with Gasteiger partial charge in [0.15, 0.2) is 0 Å². The molecule has 0 aromatic heterocycles. The Labute approximate surface area is 130 Å². The van der Waals surface area contributed by atoms with Crippen molar-refractivity contribution in [2.24, 2.45) is 5.92 Å². The van der Waals surface area contributed by atoms with Crippen molar-refractivity contribution in [3.8, 4) is 0 Å². The first-order valence-corrected chi connectivity index (χ1v) is 8.03. The first kappa shape index (κ1) is 15.4. The molecule has 1 amide bonds. The second-order valence-electron chi connectivity index (χ2n) is 6.56. The molecule has 3 rings (SSSR count). The third-order valence-electron chi connectivity index (χ3n) is 4.72. The molecule has 1 heterocycles. The number of piperidine rings is 1. The Bertz CT molecular complexity index is 520. The first-order valence-electron chi connectivity index (χ1n) is 8.03. The molecule has 0 bridgehead atoms. The molecule has 1 saturated carbocycles. The summed E-state index contributed by atoms with van der Waals surface area (Å²) in [6, 6.07) is 6.05. The highest BCUT2D eigenvalue weighted by Gasteiger charge is 2.34. The molecule has 0 atom stereocenters. The van der Waals surface area contributed by atoms with Crippen molar-refractivity contribution in [2.45, 2.75) is 31.3 Å². The van der Waals surface area contributed by atoms with E-state index in [0.29, 0.717) is 38.4 Å². The van der Waals surface area contributed by atoms with Gasteiger partial charge in [0.05, 0.1) is 12.1 Å². The topological polar surface area (TPSA) is 52.6 Å². The molecular weight excluding hydrogens is 283 g/mol. The van der Waals surface area contributed by atoms with Gasteiger partial charge in [0.1, 0.15) is 5.82 Å². The SMILES string of the molecule is O=C(CN1CCC(O)(c2ccc(F)cc2)CC1)NCC1CC1. The fourth-order valence-electron chi connectivity index (χ4n) is 2.97. The van der Waals surface area contributed by atoms with Gasteiger partial charge < -0.3 is 10.4 Å². The Morgan fingerprint density at radius 2 is 1.91 bits per heavy atom. The number of carbonyl (C=O) groups excluding carboxylic acids is 1. The van der Waals surface area contributed by atoms with E-state index in [4.69, 9.17) is 0 Å². The number of aliphatic hydroxyl groups is 1. The van der Waals surface area contributed by atoms with Crippen molar-refractivity contribution in [1.29, 1.82) is 0 Å². The summed E-state index contributed by atoms with van der Waals surface area (Å²) in [4.78, 5) is 13.9. The quantitative estimate of drug-likeness (QED) is 0.869. The molecule has 5 heteroatoms. The lowest BCUT2D eigenvalue weighted by Crippen LogP contribution is -2.46. The molecule has 0 unspecified atom stereocenters. The van der Waals surface area contributed by atoms with Crippen molar-refractivity contribution in [1.82, 2.24) is 10.2 Å². The summed E-state index contributed by atoms with van der Waals surface area (Å²) in [5.74, 6) is 0.463. The highest BCUT2D eigenvalue weighted by Crippen LogP contribution is 2.32. The van der Waals surface area contributed by atoms with Crippen LogP contribution in [0.1, 0.15) is 31.2 Å². The highest BCUT2D eigenvalue weighted by atomic mass is 19.1. The van der Waals surface area contributed by atoms with E-state index in [2.05, 4.69) is 10.2 Å². The molecule has 4 nitrogen and oxygen atoms in total. The Hall–Kier alpha value is -1.46. The zero-order chi connectivity index (χ0) is 15.6. The highest BCUT2D eigenvalue weighted by molar-refractivity contribution is 5.78. The van der Waals surface area contributed by atoms with Crippen LogP contribution in [0, 0.1) is 11.7 Å². The van der Waals surface area contributed by atoms with Crippen LogP contribution in [-0.2, 0) is 10.4 Å². The number of rotatable bonds is 5. The second-order valence-corrected chi connectivity index (χ2v) is 6.56. The maximum atomic E-state index is 13.0. The van der Waals surface area contributed by atoms with Gasteiger partial charge in [-0.3, -0.25) is 9.69 Å². The van der Waals surface area contributed by atoms with Crippen molar-refractivity contribution in [3.63, 3.8) is 0 Å². The van der Waals surface area contributed by atoms with Gasteiger partial charge in [0.2, 0.25) is 5.91 Å². The Morgan fingerprint density at radius 1 is 1.27 bits per heavy atom. The number of amides is 1. The number of benzene rings is 1. The lowest BCUT2D eigenvalue weighted by Gasteiger charge is -2.38. The predicted octanol–water partition coefficient (Wildman–Crippen LogP) is 1.64. The van der Waals surface area contributed by atoms with Crippen molar-refractivity contribution >= 4 is 5.91 Å². The van der Waals surface area contributed by atoms with E-state index in [1.807, 2.05) is 0 Å². The molecule has 1 aromatic carbocycles. The van der Waals surface area contributed by atoms with E-state index in [9.17, 15) is 14.3 Å². The summed E-state index contributed by atoms with van der Waals surface area (Å²) >= 11 is 0. The fraction of sp³-hybridized carbons (Fsp3) is 0.588. The standard InChI is InChI=1S/C17H23FN2O2/c18-15-5-3-14(4-6-15)17(22)7-9-20(10-8-17)12-16(21)19-11-13-1-2-13/h3-6,13,22H,1-2,7-12H2,(H,19,21). The van der Waals surface area contributed by atoms with Crippen LogP contribution in [0.15, 0.2) is 24.3 Å². The summed E-state index contributed by atoms with van der Waals surface area (Å²) in [5.41, 5.74) is -0.152. The molecule has 120 valence electrons. The van der Waals surface area contributed by atoms with Gasteiger partial charge in [-0.05, 0) is 49.3 Å². The van der Waals surface area contributed by atoms with E-state index in [1.54, 1.807) is 12.1 Å². The number of carbonyl (C=O) groups is 1. The normalized spacial score (nSPS) is 21.5. The lowest BCUT2D eigenvalue weighted by atomic mass is 9.84. The zero-order valence-corrected chi connectivity index (χ0v) is 12.7. The molecule has 2 aliphatic rings. The van der Waals surface area contributed by atoms with E-state index in [1.165, 1.54) is 25.0 Å². The number of likely N-dealkylation sites (tertiary alicyclic amines) is 1. The minimum atomic E-state index is -0.908. The Kier molecular flexibility index (Phi) is 4.45. The molecule has 0 radical (unpaired) electrons. The largest absolute Gasteiger partial charge is 0.385 e. The van der Waals surface area contributed by atoms with Crippen LogP contribution >= 0.6 is 0 Å². The fourth-order valence-corrected chi connectivity index (χ4v) is 2.97. The van der Waals surface area contributed by atoms with Crippen LogP contribution in [0.5, 0.6) is 0 Å². The monoisotopic (exact) mass is 306 g/mol. The van der Waals surface area contributed by atoms with E-state index >= 15 is 0 Å².